The van der Waals surface area contributed by atoms with Crippen LogP contribution in [-0.4, -0.2) is 47.3 Å². The summed E-state index contributed by atoms with van der Waals surface area (Å²) in [6.45, 7) is 3.38. The normalized spacial score (nSPS) is 40.8. The molecule has 3 aliphatic heterocycles. The first-order valence-corrected chi connectivity index (χ1v) is 10.5. The zero-order valence-corrected chi connectivity index (χ0v) is 14.2. The summed E-state index contributed by atoms with van der Waals surface area (Å²) >= 11 is 4.48. The number of hydrogen-bond acceptors (Lipinski definition) is 4. The third-order valence-corrected chi connectivity index (χ3v) is 8.39. The molecule has 3 saturated heterocycles. The summed E-state index contributed by atoms with van der Waals surface area (Å²) in [6, 6.07) is 0. The van der Waals surface area contributed by atoms with Gasteiger partial charge in [0, 0.05) is 30.7 Å². The first-order valence-electron chi connectivity index (χ1n) is 8.50. The first kappa shape index (κ1) is 15.5. The van der Waals surface area contributed by atoms with Gasteiger partial charge in [-0.2, -0.15) is 23.5 Å². The fourth-order valence-corrected chi connectivity index (χ4v) is 7.31. The van der Waals surface area contributed by atoms with E-state index in [9.17, 15) is 0 Å². The fraction of sp³-hybridized carbons (Fsp3) is 1.00. The van der Waals surface area contributed by atoms with Gasteiger partial charge in [-0.25, -0.2) is 0 Å². The van der Waals surface area contributed by atoms with Crippen LogP contribution in [0, 0.1) is 0 Å². The molecule has 2 nitrogen and oxygen atoms in total. The van der Waals surface area contributed by atoms with Crippen LogP contribution in [-0.2, 0) is 4.74 Å². The molecular formula is C16H29NOS2. The van der Waals surface area contributed by atoms with Crippen LogP contribution in [0.1, 0.15) is 51.4 Å². The van der Waals surface area contributed by atoms with Gasteiger partial charge in [0.1, 0.15) is 0 Å². The molecule has 0 aromatic heterocycles. The summed E-state index contributed by atoms with van der Waals surface area (Å²) < 4.78 is 6.78. The van der Waals surface area contributed by atoms with E-state index in [4.69, 9.17) is 4.74 Å². The Morgan fingerprint density at radius 3 is 2.85 bits per heavy atom. The number of thioether (sulfide) groups is 2. The predicted molar refractivity (Wildman–Crippen MR) is 91.0 cm³/mol. The van der Waals surface area contributed by atoms with Crippen molar-refractivity contribution in [1.82, 2.24) is 5.32 Å². The maximum atomic E-state index is 6.39. The van der Waals surface area contributed by atoms with Crippen molar-refractivity contribution < 1.29 is 4.74 Å². The molecule has 20 heavy (non-hydrogen) atoms. The van der Waals surface area contributed by atoms with Crippen molar-refractivity contribution >= 4 is 23.5 Å². The first-order chi connectivity index (χ1) is 9.92. The summed E-state index contributed by atoms with van der Waals surface area (Å²) in [5.74, 6) is 2.62. The Balaban J connectivity index is 1.80. The van der Waals surface area contributed by atoms with Crippen molar-refractivity contribution in [2.75, 3.05) is 31.2 Å². The molecule has 3 unspecified atom stereocenters. The molecule has 3 aliphatic rings. The molecule has 116 valence electrons. The summed E-state index contributed by atoms with van der Waals surface area (Å²) in [6.07, 6.45) is 11.4. The lowest BCUT2D eigenvalue weighted by molar-refractivity contribution is 0.0261. The van der Waals surface area contributed by atoms with Crippen LogP contribution < -0.4 is 5.32 Å². The van der Waals surface area contributed by atoms with E-state index >= 15 is 0 Å². The van der Waals surface area contributed by atoms with E-state index in [1.807, 2.05) is 0 Å². The van der Waals surface area contributed by atoms with E-state index in [1.54, 1.807) is 0 Å². The van der Waals surface area contributed by atoms with E-state index < -0.39 is 0 Å². The highest BCUT2D eigenvalue weighted by Gasteiger charge is 2.47. The van der Waals surface area contributed by atoms with Gasteiger partial charge in [-0.1, -0.05) is 25.7 Å². The molecule has 0 amide bonds. The smallest absolute Gasteiger partial charge is 0.0732 e. The van der Waals surface area contributed by atoms with Crippen molar-refractivity contribution in [1.29, 1.82) is 0 Å². The Labute approximate surface area is 132 Å². The lowest BCUT2D eigenvalue weighted by Crippen LogP contribution is -2.54. The second-order valence-electron chi connectivity index (χ2n) is 6.39. The molecule has 0 bridgehead atoms. The molecule has 0 aromatic carbocycles. The molecule has 0 spiro atoms. The maximum absolute atomic E-state index is 6.39. The Kier molecular flexibility index (Phi) is 6.01. The zero-order chi connectivity index (χ0) is 13.7. The number of nitrogens with one attached hydrogen (secondary N) is 1. The van der Waals surface area contributed by atoms with Gasteiger partial charge < -0.3 is 10.1 Å². The van der Waals surface area contributed by atoms with Crippen LogP contribution in [0.5, 0.6) is 0 Å². The van der Waals surface area contributed by atoms with Gasteiger partial charge >= 0.3 is 0 Å². The van der Waals surface area contributed by atoms with Crippen LogP contribution in [0.25, 0.3) is 0 Å². The second-order valence-corrected chi connectivity index (χ2v) is 9.15. The van der Waals surface area contributed by atoms with Crippen molar-refractivity contribution in [3.8, 4) is 0 Å². The highest BCUT2D eigenvalue weighted by molar-refractivity contribution is 8.04. The standard InChI is InChI=1S/C16H29NOS2/c1-3-7-14(18-10-5-1)16(8-4-2-6-11-20-16)15-13-17-9-12-19-15/h14-15,17H,1-13H2. The molecule has 0 aromatic rings. The Morgan fingerprint density at radius 2 is 1.95 bits per heavy atom. The maximum Gasteiger partial charge on any atom is 0.0732 e. The summed E-state index contributed by atoms with van der Waals surface area (Å²) in [7, 11) is 0. The molecule has 0 aliphatic carbocycles. The molecule has 3 fully saturated rings. The minimum absolute atomic E-state index is 0.388. The summed E-state index contributed by atoms with van der Waals surface area (Å²) in [4.78, 5) is 0. The highest BCUT2D eigenvalue weighted by Crippen LogP contribution is 2.48. The SMILES string of the molecule is C1CCOC(C2(C3CNCCS3)CCCCCS2)CC1. The van der Waals surface area contributed by atoms with Crippen LogP contribution in [0.15, 0.2) is 0 Å². The van der Waals surface area contributed by atoms with Gasteiger partial charge in [-0.3, -0.25) is 0 Å². The van der Waals surface area contributed by atoms with Gasteiger partial charge in [-0.15, -0.1) is 0 Å². The van der Waals surface area contributed by atoms with Crippen molar-refractivity contribution in [3.63, 3.8) is 0 Å². The van der Waals surface area contributed by atoms with Gasteiger partial charge in [0.05, 0.1) is 10.9 Å². The van der Waals surface area contributed by atoms with E-state index in [0.29, 0.717) is 10.9 Å². The summed E-state index contributed by atoms with van der Waals surface area (Å²) in [5, 5.41) is 4.39. The lowest BCUT2D eigenvalue weighted by atomic mass is 9.88. The van der Waals surface area contributed by atoms with Crippen LogP contribution in [0.2, 0.25) is 0 Å². The molecule has 0 radical (unpaired) electrons. The highest BCUT2D eigenvalue weighted by atomic mass is 32.2. The van der Waals surface area contributed by atoms with Crippen LogP contribution >= 0.6 is 23.5 Å². The quantitative estimate of drug-likeness (QED) is 0.838. The van der Waals surface area contributed by atoms with Gasteiger partial charge in [0.2, 0.25) is 0 Å². The van der Waals surface area contributed by atoms with Gasteiger partial charge in [0.15, 0.2) is 0 Å². The third kappa shape index (κ3) is 3.50. The zero-order valence-electron chi connectivity index (χ0n) is 12.6. The van der Waals surface area contributed by atoms with Gasteiger partial charge in [0.25, 0.3) is 0 Å². The molecule has 0 saturated carbocycles. The average Bonchev–Trinajstić information content (AvgIpc) is 2.92. The van der Waals surface area contributed by atoms with Crippen molar-refractivity contribution in [2.24, 2.45) is 0 Å². The Morgan fingerprint density at radius 1 is 1.00 bits per heavy atom. The molecule has 3 atom stereocenters. The Hall–Kier alpha value is 0.620. The molecule has 3 rings (SSSR count). The Bertz CT molecular complexity index is 278. The monoisotopic (exact) mass is 315 g/mol. The van der Waals surface area contributed by atoms with Crippen LogP contribution in [0.3, 0.4) is 0 Å². The fourth-order valence-electron chi connectivity index (χ4n) is 3.91. The molecule has 1 N–H and O–H groups in total. The largest absolute Gasteiger partial charge is 0.377 e. The number of ether oxygens (including phenoxy) is 1. The third-order valence-electron chi connectivity index (χ3n) is 5.03. The number of rotatable bonds is 2. The van der Waals surface area contributed by atoms with E-state index in [0.717, 1.165) is 11.9 Å². The predicted octanol–water partition coefficient (Wildman–Crippen LogP) is 3.70. The lowest BCUT2D eigenvalue weighted by Gasteiger charge is -2.46. The minimum atomic E-state index is 0.388. The average molecular weight is 316 g/mol. The summed E-state index contributed by atoms with van der Waals surface area (Å²) in [5.41, 5.74) is 0. The van der Waals surface area contributed by atoms with Crippen molar-refractivity contribution in [2.45, 2.75) is 67.5 Å². The van der Waals surface area contributed by atoms with E-state index in [-0.39, 0.29) is 0 Å². The van der Waals surface area contributed by atoms with E-state index in [1.165, 1.54) is 76.0 Å². The van der Waals surface area contributed by atoms with E-state index in [2.05, 4.69) is 28.8 Å². The number of hydrogen-bond donors (Lipinski definition) is 1. The second kappa shape index (κ2) is 7.75. The minimum Gasteiger partial charge on any atom is -0.377 e. The molecule has 3 heterocycles. The van der Waals surface area contributed by atoms with Gasteiger partial charge in [-0.05, 0) is 31.4 Å². The molecule has 4 heteroatoms. The topological polar surface area (TPSA) is 21.3 Å². The van der Waals surface area contributed by atoms with Crippen molar-refractivity contribution in [3.05, 3.63) is 0 Å². The molecular weight excluding hydrogens is 286 g/mol. The van der Waals surface area contributed by atoms with Crippen LogP contribution in [0.4, 0.5) is 0 Å².